The molecule has 2 aromatic rings. The van der Waals surface area contributed by atoms with Crippen molar-refractivity contribution in [1.82, 2.24) is 9.97 Å². The van der Waals surface area contributed by atoms with E-state index in [0.717, 1.165) is 26.6 Å². The molecule has 0 unspecified atom stereocenters. The highest BCUT2D eigenvalue weighted by Crippen LogP contribution is 2.23. The summed E-state index contributed by atoms with van der Waals surface area (Å²) in [6.07, 6.45) is 0. The zero-order valence-corrected chi connectivity index (χ0v) is 12.5. The minimum absolute atomic E-state index is 0.235. The van der Waals surface area contributed by atoms with Crippen LogP contribution < -0.4 is 0 Å². The van der Waals surface area contributed by atoms with Gasteiger partial charge in [-0.2, -0.15) is 0 Å². The second-order valence-corrected chi connectivity index (χ2v) is 5.86. The normalized spacial score (nSPS) is 10.7. The Hall–Kier alpha value is -0.940. The predicted molar refractivity (Wildman–Crippen MR) is 75.2 cm³/mol. The van der Waals surface area contributed by atoms with Gasteiger partial charge in [0.1, 0.15) is 5.82 Å². The number of nitrogens with zero attached hydrogens (tertiary/aromatic N) is 2. The largest absolute Gasteiger partial charge is 0.228 e. The van der Waals surface area contributed by atoms with E-state index >= 15 is 0 Å². The van der Waals surface area contributed by atoms with Gasteiger partial charge in [-0.3, -0.25) is 0 Å². The molecule has 94 valence electrons. The second kappa shape index (κ2) is 5.80. The van der Waals surface area contributed by atoms with Crippen molar-refractivity contribution in [3.8, 4) is 0 Å². The molecular weight excluding hydrogens is 315 g/mol. The summed E-state index contributed by atoms with van der Waals surface area (Å²) >= 11 is 4.79. The number of halogens is 2. The van der Waals surface area contributed by atoms with Crippen LogP contribution >= 0.6 is 27.7 Å². The van der Waals surface area contributed by atoms with E-state index in [9.17, 15) is 4.39 Å². The van der Waals surface area contributed by atoms with Gasteiger partial charge >= 0.3 is 0 Å². The first-order valence-corrected chi connectivity index (χ1v) is 7.21. The number of aryl methyl sites for hydroxylation is 2. The van der Waals surface area contributed by atoms with Crippen molar-refractivity contribution in [2.24, 2.45) is 0 Å². The lowest BCUT2D eigenvalue weighted by Crippen LogP contribution is -1.93. The van der Waals surface area contributed by atoms with Crippen LogP contribution in [0.25, 0.3) is 0 Å². The molecule has 18 heavy (non-hydrogen) atoms. The molecule has 0 amide bonds. The summed E-state index contributed by atoms with van der Waals surface area (Å²) < 4.78 is 14.0. The van der Waals surface area contributed by atoms with Gasteiger partial charge < -0.3 is 0 Å². The second-order valence-electron chi connectivity index (χ2n) is 4.00. The number of aromatic nitrogens is 2. The quantitative estimate of drug-likeness (QED) is 0.621. The fraction of sp³-hybridized carbons (Fsp3) is 0.231. The summed E-state index contributed by atoms with van der Waals surface area (Å²) in [6, 6.07) is 6.81. The molecule has 1 aromatic carbocycles. The van der Waals surface area contributed by atoms with Gasteiger partial charge in [0.25, 0.3) is 0 Å². The lowest BCUT2D eigenvalue weighted by atomic mass is 10.2. The van der Waals surface area contributed by atoms with E-state index in [0.29, 0.717) is 5.75 Å². The van der Waals surface area contributed by atoms with Crippen molar-refractivity contribution in [3.63, 3.8) is 0 Å². The Balaban J connectivity index is 2.11. The highest BCUT2D eigenvalue weighted by Gasteiger charge is 2.03. The van der Waals surface area contributed by atoms with Crippen molar-refractivity contribution in [1.29, 1.82) is 0 Å². The topological polar surface area (TPSA) is 25.8 Å². The molecular formula is C13H12BrFN2S. The van der Waals surface area contributed by atoms with Crippen molar-refractivity contribution in [2.45, 2.75) is 24.8 Å². The summed E-state index contributed by atoms with van der Waals surface area (Å²) in [6.45, 7) is 3.88. The smallest absolute Gasteiger partial charge is 0.188 e. The molecule has 0 fully saturated rings. The minimum Gasteiger partial charge on any atom is -0.228 e. The third-order valence-corrected chi connectivity index (χ3v) is 3.63. The zero-order chi connectivity index (χ0) is 13.1. The summed E-state index contributed by atoms with van der Waals surface area (Å²) in [5.41, 5.74) is 2.81. The molecule has 0 saturated carbocycles. The molecule has 0 aliphatic rings. The Morgan fingerprint density at radius 2 is 1.78 bits per heavy atom. The maximum absolute atomic E-state index is 13.2. The highest BCUT2D eigenvalue weighted by molar-refractivity contribution is 9.10. The van der Waals surface area contributed by atoms with E-state index in [4.69, 9.17) is 0 Å². The molecule has 0 N–H and O–H groups in total. The summed E-state index contributed by atoms with van der Waals surface area (Å²) in [5.74, 6) is 0.417. The lowest BCUT2D eigenvalue weighted by molar-refractivity contribution is 0.625. The van der Waals surface area contributed by atoms with Crippen LogP contribution in [0.3, 0.4) is 0 Å². The van der Waals surface area contributed by atoms with Gasteiger partial charge in [0.15, 0.2) is 5.16 Å². The fourth-order valence-corrected chi connectivity index (χ4v) is 2.99. The van der Waals surface area contributed by atoms with Crippen LogP contribution in [0.5, 0.6) is 0 Å². The monoisotopic (exact) mass is 326 g/mol. The predicted octanol–water partition coefficient (Wildman–Crippen LogP) is 4.29. The molecule has 0 aliphatic carbocycles. The first-order chi connectivity index (χ1) is 8.52. The standard InChI is InChI=1S/C13H12BrFN2S/c1-8-3-9(2)17-13(16-8)18-7-10-4-11(14)6-12(15)5-10/h3-6H,7H2,1-2H3. The Labute approximate surface area is 118 Å². The zero-order valence-electron chi connectivity index (χ0n) is 10.1. The summed E-state index contributed by atoms with van der Waals surface area (Å²) in [7, 11) is 0. The number of hydrogen-bond acceptors (Lipinski definition) is 3. The number of hydrogen-bond donors (Lipinski definition) is 0. The van der Waals surface area contributed by atoms with Crippen LogP contribution in [0.1, 0.15) is 17.0 Å². The highest BCUT2D eigenvalue weighted by atomic mass is 79.9. The number of benzene rings is 1. The van der Waals surface area contributed by atoms with Gasteiger partial charge in [0, 0.05) is 21.6 Å². The first-order valence-electron chi connectivity index (χ1n) is 5.43. The Morgan fingerprint density at radius 1 is 1.11 bits per heavy atom. The third-order valence-electron chi connectivity index (χ3n) is 2.25. The fourth-order valence-electron chi connectivity index (χ4n) is 1.60. The molecule has 0 radical (unpaired) electrons. The van der Waals surface area contributed by atoms with Gasteiger partial charge in [-0.15, -0.1) is 0 Å². The Bertz CT molecular complexity index is 483. The minimum atomic E-state index is -0.235. The van der Waals surface area contributed by atoms with Crippen LogP contribution in [-0.2, 0) is 5.75 Å². The van der Waals surface area contributed by atoms with Crippen molar-refractivity contribution in [2.75, 3.05) is 0 Å². The van der Waals surface area contributed by atoms with Gasteiger partial charge in [-0.05, 0) is 43.7 Å². The summed E-state index contributed by atoms with van der Waals surface area (Å²) in [4.78, 5) is 8.68. The maximum atomic E-state index is 13.2. The van der Waals surface area contributed by atoms with E-state index in [1.165, 1.54) is 23.9 Å². The van der Waals surface area contributed by atoms with Crippen molar-refractivity contribution in [3.05, 3.63) is 51.5 Å². The van der Waals surface area contributed by atoms with Gasteiger partial charge in [0.05, 0.1) is 0 Å². The van der Waals surface area contributed by atoms with Crippen LogP contribution in [0.2, 0.25) is 0 Å². The van der Waals surface area contributed by atoms with Gasteiger partial charge in [0.2, 0.25) is 0 Å². The van der Waals surface area contributed by atoms with E-state index < -0.39 is 0 Å². The molecule has 1 heterocycles. The SMILES string of the molecule is Cc1cc(C)nc(SCc2cc(F)cc(Br)c2)n1. The maximum Gasteiger partial charge on any atom is 0.188 e. The number of rotatable bonds is 3. The van der Waals surface area contributed by atoms with Crippen molar-refractivity contribution < 1.29 is 4.39 Å². The molecule has 0 bridgehead atoms. The third kappa shape index (κ3) is 3.78. The average molecular weight is 327 g/mol. The van der Waals surface area contributed by atoms with E-state index in [-0.39, 0.29) is 5.82 Å². The summed E-state index contributed by atoms with van der Waals surface area (Å²) in [5, 5.41) is 0.730. The Kier molecular flexibility index (Phi) is 4.35. The van der Waals surface area contributed by atoms with Gasteiger partial charge in [-0.25, -0.2) is 14.4 Å². The molecule has 5 heteroatoms. The van der Waals surface area contributed by atoms with E-state index in [1.54, 1.807) is 0 Å². The van der Waals surface area contributed by atoms with Gasteiger partial charge in [-0.1, -0.05) is 27.7 Å². The van der Waals surface area contributed by atoms with Crippen LogP contribution in [0, 0.1) is 19.7 Å². The molecule has 0 atom stereocenters. The van der Waals surface area contributed by atoms with E-state index in [2.05, 4.69) is 25.9 Å². The van der Waals surface area contributed by atoms with Crippen molar-refractivity contribution >= 4 is 27.7 Å². The molecule has 2 rings (SSSR count). The molecule has 0 spiro atoms. The van der Waals surface area contributed by atoms with Crippen LogP contribution in [-0.4, -0.2) is 9.97 Å². The van der Waals surface area contributed by atoms with E-state index in [1.807, 2.05) is 26.0 Å². The van der Waals surface area contributed by atoms with Crippen LogP contribution in [0.4, 0.5) is 4.39 Å². The van der Waals surface area contributed by atoms with Crippen LogP contribution in [0.15, 0.2) is 33.9 Å². The Morgan fingerprint density at radius 3 is 2.39 bits per heavy atom. The molecule has 2 nitrogen and oxygen atoms in total. The number of thioether (sulfide) groups is 1. The first kappa shape index (κ1) is 13.5. The molecule has 0 aliphatic heterocycles. The average Bonchev–Trinajstić information content (AvgIpc) is 2.23. The lowest BCUT2D eigenvalue weighted by Gasteiger charge is -2.04. The molecule has 1 aromatic heterocycles. The molecule has 0 saturated heterocycles.